The van der Waals surface area contributed by atoms with Gasteiger partial charge in [0.05, 0.1) is 10.5 Å². The van der Waals surface area contributed by atoms with Gasteiger partial charge in [-0.05, 0) is 47.1 Å². The summed E-state index contributed by atoms with van der Waals surface area (Å²) in [5.41, 5.74) is 0.966. The van der Waals surface area contributed by atoms with Crippen LogP contribution in [0.3, 0.4) is 0 Å². The summed E-state index contributed by atoms with van der Waals surface area (Å²) in [4.78, 5) is 8.49. The molecule has 3 nitrogen and oxygen atoms in total. The van der Waals surface area contributed by atoms with Gasteiger partial charge in [0, 0.05) is 24.4 Å². The first-order valence-electron chi connectivity index (χ1n) is 6.67. The fourth-order valence-electron chi connectivity index (χ4n) is 2.04. The molecule has 1 atom stereocenters. The van der Waals surface area contributed by atoms with Crippen molar-refractivity contribution < 1.29 is 8.78 Å². The van der Waals surface area contributed by atoms with Crippen molar-refractivity contribution >= 4 is 15.9 Å². The molecule has 0 aliphatic rings. The molecule has 6 heteroatoms. The maximum absolute atomic E-state index is 14.1. The molecule has 0 spiro atoms. The van der Waals surface area contributed by atoms with E-state index in [2.05, 4.69) is 31.2 Å². The minimum absolute atomic E-state index is 0.0273. The quantitative estimate of drug-likeness (QED) is 0.830. The Bertz CT molecular complexity index is 617. The van der Waals surface area contributed by atoms with Crippen LogP contribution < -0.4 is 5.32 Å². The standard InChI is InChI=1S/C15H16BrF2N3/c1-3-19-13(15-20-7-9(2)8-21-15)6-10-12(17)5-4-11(16)14(10)18/h4-5,7-8,13,19H,3,6H2,1-2H3. The van der Waals surface area contributed by atoms with E-state index in [-0.39, 0.29) is 22.5 Å². The first-order valence-corrected chi connectivity index (χ1v) is 7.46. The average Bonchev–Trinajstić information content (AvgIpc) is 2.47. The van der Waals surface area contributed by atoms with Gasteiger partial charge in [-0.2, -0.15) is 0 Å². The molecular weight excluding hydrogens is 340 g/mol. The van der Waals surface area contributed by atoms with Crippen LogP contribution in [0.2, 0.25) is 0 Å². The van der Waals surface area contributed by atoms with Crippen LogP contribution in [0.5, 0.6) is 0 Å². The zero-order valence-corrected chi connectivity index (χ0v) is 13.4. The summed E-state index contributed by atoms with van der Waals surface area (Å²) >= 11 is 3.08. The second-order valence-corrected chi connectivity index (χ2v) is 5.61. The molecule has 0 amide bonds. The van der Waals surface area contributed by atoms with E-state index in [0.717, 1.165) is 5.56 Å². The second-order valence-electron chi connectivity index (χ2n) is 4.75. The van der Waals surface area contributed by atoms with Crippen LogP contribution in [-0.2, 0) is 6.42 Å². The van der Waals surface area contributed by atoms with Crippen LogP contribution in [0.1, 0.15) is 29.9 Å². The minimum atomic E-state index is -0.579. The maximum atomic E-state index is 14.1. The zero-order chi connectivity index (χ0) is 15.4. The fourth-order valence-corrected chi connectivity index (χ4v) is 2.42. The van der Waals surface area contributed by atoms with Gasteiger partial charge in [0.25, 0.3) is 0 Å². The predicted molar refractivity (Wildman–Crippen MR) is 80.9 cm³/mol. The summed E-state index contributed by atoms with van der Waals surface area (Å²) in [6.45, 7) is 4.47. The Morgan fingerprint density at radius 3 is 2.52 bits per heavy atom. The van der Waals surface area contributed by atoms with Gasteiger partial charge in [-0.25, -0.2) is 18.7 Å². The summed E-state index contributed by atoms with van der Waals surface area (Å²) in [5, 5.41) is 3.17. The molecule has 0 aliphatic carbocycles. The molecule has 1 aromatic carbocycles. The van der Waals surface area contributed by atoms with Crippen LogP contribution in [0, 0.1) is 18.6 Å². The number of nitrogens with one attached hydrogen (secondary N) is 1. The van der Waals surface area contributed by atoms with Crippen LogP contribution in [0.4, 0.5) is 8.78 Å². The lowest BCUT2D eigenvalue weighted by atomic mass is 10.0. The van der Waals surface area contributed by atoms with Crippen molar-refractivity contribution in [2.24, 2.45) is 0 Å². The van der Waals surface area contributed by atoms with E-state index in [4.69, 9.17) is 0 Å². The molecule has 0 fully saturated rings. The normalized spacial score (nSPS) is 12.4. The van der Waals surface area contributed by atoms with Gasteiger partial charge in [0.2, 0.25) is 0 Å². The highest BCUT2D eigenvalue weighted by atomic mass is 79.9. The molecule has 0 saturated carbocycles. The molecular formula is C15H16BrF2N3. The Morgan fingerprint density at radius 2 is 1.90 bits per heavy atom. The SMILES string of the molecule is CCNC(Cc1c(F)ccc(Br)c1F)c1ncc(C)cn1. The average molecular weight is 356 g/mol. The van der Waals surface area contributed by atoms with Crippen molar-refractivity contribution in [2.75, 3.05) is 6.54 Å². The molecule has 1 N–H and O–H groups in total. The van der Waals surface area contributed by atoms with Crippen LogP contribution in [-0.4, -0.2) is 16.5 Å². The number of halogens is 3. The van der Waals surface area contributed by atoms with Gasteiger partial charge >= 0.3 is 0 Å². The second kappa shape index (κ2) is 7.04. The third-order valence-corrected chi connectivity index (χ3v) is 3.72. The molecule has 0 bridgehead atoms. The fraction of sp³-hybridized carbons (Fsp3) is 0.333. The topological polar surface area (TPSA) is 37.8 Å². The summed E-state index contributed by atoms with van der Waals surface area (Å²) in [6, 6.07) is 2.27. The van der Waals surface area contributed by atoms with Gasteiger partial charge in [0.1, 0.15) is 17.5 Å². The number of rotatable bonds is 5. The minimum Gasteiger partial charge on any atom is -0.307 e. The van der Waals surface area contributed by atoms with E-state index in [0.29, 0.717) is 12.4 Å². The largest absolute Gasteiger partial charge is 0.307 e. The lowest BCUT2D eigenvalue weighted by Crippen LogP contribution is -2.25. The number of benzene rings is 1. The molecule has 21 heavy (non-hydrogen) atoms. The first kappa shape index (κ1) is 16.0. The van der Waals surface area contributed by atoms with Gasteiger partial charge < -0.3 is 5.32 Å². The lowest BCUT2D eigenvalue weighted by molar-refractivity contribution is 0.482. The Labute approximate surface area is 131 Å². The predicted octanol–water partition coefficient (Wildman–Crippen LogP) is 3.72. The highest BCUT2D eigenvalue weighted by Gasteiger charge is 2.20. The molecule has 0 radical (unpaired) electrons. The molecule has 1 heterocycles. The summed E-state index contributed by atoms with van der Waals surface area (Å²) in [6.07, 6.45) is 3.54. The molecule has 2 aromatic rings. The molecule has 0 saturated heterocycles. The van der Waals surface area contributed by atoms with Crippen molar-refractivity contribution in [3.63, 3.8) is 0 Å². The number of likely N-dealkylation sites (N-methyl/N-ethyl adjacent to an activating group) is 1. The number of hydrogen-bond donors (Lipinski definition) is 1. The third-order valence-electron chi connectivity index (χ3n) is 3.11. The van der Waals surface area contributed by atoms with E-state index in [9.17, 15) is 8.78 Å². The Morgan fingerprint density at radius 1 is 1.24 bits per heavy atom. The summed E-state index contributed by atoms with van der Waals surface area (Å²) in [7, 11) is 0. The van der Waals surface area contributed by atoms with E-state index >= 15 is 0 Å². The number of aromatic nitrogens is 2. The molecule has 1 aromatic heterocycles. The Kier molecular flexibility index (Phi) is 5.36. The Balaban J connectivity index is 2.32. The number of hydrogen-bond acceptors (Lipinski definition) is 3. The van der Waals surface area contributed by atoms with Crippen molar-refractivity contribution in [2.45, 2.75) is 26.3 Å². The molecule has 0 aliphatic heterocycles. The van der Waals surface area contributed by atoms with Crippen LogP contribution in [0.15, 0.2) is 29.0 Å². The first-order chi connectivity index (χ1) is 10.0. The summed E-state index contributed by atoms with van der Waals surface area (Å²) in [5.74, 6) is -0.614. The third kappa shape index (κ3) is 3.83. The number of aryl methyl sites for hydroxylation is 1. The lowest BCUT2D eigenvalue weighted by Gasteiger charge is -2.17. The Hall–Kier alpha value is -1.40. The monoisotopic (exact) mass is 355 g/mol. The van der Waals surface area contributed by atoms with E-state index < -0.39 is 11.6 Å². The van der Waals surface area contributed by atoms with E-state index in [1.54, 1.807) is 12.4 Å². The van der Waals surface area contributed by atoms with Crippen molar-refractivity contribution in [3.8, 4) is 0 Å². The van der Waals surface area contributed by atoms with Crippen molar-refractivity contribution in [3.05, 3.63) is 57.6 Å². The molecule has 112 valence electrons. The van der Waals surface area contributed by atoms with Gasteiger partial charge in [-0.1, -0.05) is 6.92 Å². The van der Waals surface area contributed by atoms with Crippen LogP contribution >= 0.6 is 15.9 Å². The van der Waals surface area contributed by atoms with Crippen LogP contribution in [0.25, 0.3) is 0 Å². The zero-order valence-electron chi connectivity index (χ0n) is 11.8. The van der Waals surface area contributed by atoms with Crippen molar-refractivity contribution in [1.82, 2.24) is 15.3 Å². The smallest absolute Gasteiger partial charge is 0.145 e. The number of nitrogens with zero attached hydrogens (tertiary/aromatic N) is 2. The molecule has 2 rings (SSSR count). The maximum Gasteiger partial charge on any atom is 0.145 e. The van der Waals surface area contributed by atoms with Gasteiger partial charge in [-0.3, -0.25) is 0 Å². The van der Waals surface area contributed by atoms with Gasteiger partial charge in [-0.15, -0.1) is 0 Å². The summed E-state index contributed by atoms with van der Waals surface area (Å²) < 4.78 is 28.2. The van der Waals surface area contributed by atoms with Crippen molar-refractivity contribution in [1.29, 1.82) is 0 Å². The van der Waals surface area contributed by atoms with Gasteiger partial charge in [0.15, 0.2) is 0 Å². The highest BCUT2D eigenvalue weighted by molar-refractivity contribution is 9.10. The van der Waals surface area contributed by atoms with E-state index in [1.807, 2.05) is 13.8 Å². The molecule has 1 unspecified atom stereocenters. The van der Waals surface area contributed by atoms with E-state index in [1.165, 1.54) is 12.1 Å². The highest BCUT2D eigenvalue weighted by Crippen LogP contribution is 2.25.